The quantitative estimate of drug-likeness (QED) is 0.482. The lowest BCUT2D eigenvalue weighted by Crippen LogP contribution is -2.42. The van der Waals surface area contributed by atoms with E-state index in [-0.39, 0.29) is 23.4 Å². The van der Waals surface area contributed by atoms with Gasteiger partial charge in [0.2, 0.25) is 5.91 Å². The third-order valence-corrected chi connectivity index (χ3v) is 7.83. The van der Waals surface area contributed by atoms with Crippen LogP contribution in [0.3, 0.4) is 0 Å². The zero-order valence-electron chi connectivity index (χ0n) is 19.3. The van der Waals surface area contributed by atoms with Crippen molar-refractivity contribution >= 4 is 21.6 Å². The molecule has 178 valence electrons. The number of carbonyl (C=O) groups excluding carboxylic acids is 1. The van der Waals surface area contributed by atoms with Crippen molar-refractivity contribution in [3.8, 4) is 11.5 Å². The molecule has 1 heterocycles. The summed E-state index contributed by atoms with van der Waals surface area (Å²) in [5.74, 6) is 0.911. The van der Waals surface area contributed by atoms with Crippen molar-refractivity contribution in [2.45, 2.75) is 23.8 Å². The molecular weight excluding hydrogens is 452 g/mol. The van der Waals surface area contributed by atoms with Crippen LogP contribution < -0.4 is 13.8 Å². The highest BCUT2D eigenvalue weighted by molar-refractivity contribution is 7.92. The molecule has 0 spiro atoms. The molecular formula is C26H28N2O5S. The molecule has 0 aliphatic carbocycles. The van der Waals surface area contributed by atoms with Crippen LogP contribution in [0.15, 0.2) is 83.8 Å². The number of ether oxygens (including phenoxy) is 2. The molecule has 0 radical (unpaired) electrons. The maximum Gasteiger partial charge on any atom is 0.264 e. The average molecular weight is 481 g/mol. The lowest BCUT2D eigenvalue weighted by Gasteiger charge is -2.30. The van der Waals surface area contributed by atoms with E-state index < -0.39 is 10.0 Å². The van der Waals surface area contributed by atoms with Gasteiger partial charge in [-0.15, -0.1) is 0 Å². The fourth-order valence-corrected chi connectivity index (χ4v) is 5.65. The molecule has 1 amide bonds. The highest BCUT2D eigenvalue weighted by Crippen LogP contribution is 2.33. The number of amides is 1. The van der Waals surface area contributed by atoms with Gasteiger partial charge in [-0.3, -0.25) is 9.10 Å². The monoisotopic (exact) mass is 480 g/mol. The molecule has 3 aromatic rings. The summed E-state index contributed by atoms with van der Waals surface area (Å²) in [6, 6.07) is 22.6. The van der Waals surface area contributed by atoms with Crippen molar-refractivity contribution in [2.24, 2.45) is 0 Å². The maximum atomic E-state index is 13.7. The first kappa shape index (κ1) is 23.6. The van der Waals surface area contributed by atoms with Crippen molar-refractivity contribution in [1.82, 2.24) is 4.90 Å². The molecule has 0 bridgehead atoms. The number of nitrogens with zero attached hydrogens (tertiary/aromatic N) is 2. The number of likely N-dealkylation sites (tertiary alicyclic amines) is 1. The van der Waals surface area contributed by atoms with Crippen LogP contribution >= 0.6 is 0 Å². The Hall–Kier alpha value is -3.52. The fraction of sp³-hybridized carbons (Fsp3) is 0.269. The Kier molecular flexibility index (Phi) is 7.07. The number of hydrogen-bond donors (Lipinski definition) is 0. The summed E-state index contributed by atoms with van der Waals surface area (Å²) in [6.07, 6.45) is 1.72. The van der Waals surface area contributed by atoms with E-state index in [2.05, 4.69) is 0 Å². The number of anilines is 1. The Balaban J connectivity index is 1.67. The van der Waals surface area contributed by atoms with Gasteiger partial charge in [-0.25, -0.2) is 8.42 Å². The SMILES string of the molecule is COc1ccc(N(CC(=O)N2CCCC2c2ccccc2)S(=O)(=O)c2ccc(OC)cc2)cc1. The first-order valence-corrected chi connectivity index (χ1v) is 12.5. The first-order valence-electron chi connectivity index (χ1n) is 11.1. The molecule has 1 saturated heterocycles. The predicted molar refractivity (Wildman–Crippen MR) is 131 cm³/mol. The molecule has 1 fully saturated rings. The number of carbonyl (C=O) groups is 1. The predicted octanol–water partition coefficient (Wildman–Crippen LogP) is 4.26. The van der Waals surface area contributed by atoms with Crippen molar-refractivity contribution < 1.29 is 22.7 Å². The van der Waals surface area contributed by atoms with Gasteiger partial charge in [0, 0.05) is 6.54 Å². The van der Waals surface area contributed by atoms with E-state index in [1.165, 1.54) is 19.2 Å². The molecule has 1 unspecified atom stereocenters. The highest BCUT2D eigenvalue weighted by Gasteiger charge is 2.34. The van der Waals surface area contributed by atoms with Crippen LogP contribution in [-0.4, -0.2) is 46.5 Å². The number of methoxy groups -OCH3 is 2. The number of benzene rings is 3. The third kappa shape index (κ3) is 4.87. The minimum atomic E-state index is -4.02. The molecule has 0 aromatic heterocycles. The van der Waals surface area contributed by atoms with E-state index in [9.17, 15) is 13.2 Å². The number of sulfonamides is 1. The van der Waals surface area contributed by atoms with Crippen molar-refractivity contribution in [2.75, 3.05) is 31.6 Å². The van der Waals surface area contributed by atoms with E-state index in [1.807, 2.05) is 30.3 Å². The summed E-state index contributed by atoms with van der Waals surface area (Å²) in [7, 11) is -0.954. The first-order chi connectivity index (χ1) is 16.4. The van der Waals surface area contributed by atoms with Gasteiger partial charge in [0.1, 0.15) is 18.0 Å². The van der Waals surface area contributed by atoms with Crippen LogP contribution in [0.4, 0.5) is 5.69 Å². The van der Waals surface area contributed by atoms with Gasteiger partial charge in [0.15, 0.2) is 0 Å². The molecule has 4 rings (SSSR count). The molecule has 7 nitrogen and oxygen atoms in total. The Morgan fingerprint density at radius 1 is 0.912 bits per heavy atom. The van der Waals surface area contributed by atoms with E-state index in [0.29, 0.717) is 23.7 Å². The van der Waals surface area contributed by atoms with Crippen LogP contribution in [-0.2, 0) is 14.8 Å². The van der Waals surface area contributed by atoms with Crippen LogP contribution in [0.2, 0.25) is 0 Å². The van der Waals surface area contributed by atoms with Gasteiger partial charge >= 0.3 is 0 Å². The normalized spacial score (nSPS) is 15.7. The molecule has 1 atom stereocenters. The van der Waals surface area contributed by atoms with Crippen LogP contribution in [0.1, 0.15) is 24.4 Å². The second-order valence-electron chi connectivity index (χ2n) is 8.04. The summed E-state index contributed by atoms with van der Waals surface area (Å²) in [4.78, 5) is 15.4. The zero-order chi connectivity index (χ0) is 24.1. The Labute approximate surface area is 200 Å². The molecule has 3 aromatic carbocycles. The summed E-state index contributed by atoms with van der Waals surface area (Å²) in [5, 5.41) is 0. The molecule has 1 aliphatic rings. The summed E-state index contributed by atoms with van der Waals surface area (Å²) in [5.41, 5.74) is 1.45. The van der Waals surface area contributed by atoms with Gasteiger partial charge in [0.05, 0.1) is 30.8 Å². The topological polar surface area (TPSA) is 76.2 Å². The smallest absolute Gasteiger partial charge is 0.264 e. The molecule has 1 aliphatic heterocycles. The lowest BCUT2D eigenvalue weighted by atomic mass is 10.0. The van der Waals surface area contributed by atoms with Gasteiger partial charge in [-0.2, -0.15) is 0 Å². The van der Waals surface area contributed by atoms with Crippen molar-refractivity contribution in [3.05, 3.63) is 84.4 Å². The summed E-state index contributed by atoms with van der Waals surface area (Å²) < 4.78 is 38.9. The summed E-state index contributed by atoms with van der Waals surface area (Å²) in [6.45, 7) is 0.293. The fourth-order valence-electron chi connectivity index (χ4n) is 4.24. The lowest BCUT2D eigenvalue weighted by molar-refractivity contribution is -0.130. The molecule has 0 N–H and O–H groups in total. The largest absolute Gasteiger partial charge is 0.497 e. The minimum Gasteiger partial charge on any atom is -0.497 e. The standard InChI is InChI=1S/C26H28N2O5S/c1-32-22-12-10-21(11-13-22)28(34(30,31)24-16-14-23(33-2)15-17-24)19-26(29)27-18-6-9-25(27)20-7-4-3-5-8-20/h3-5,7-8,10-17,25H,6,9,18-19H2,1-2H3. The Bertz CT molecular complexity index is 1210. The minimum absolute atomic E-state index is 0.0601. The van der Waals surface area contributed by atoms with Crippen LogP contribution in [0, 0.1) is 0 Å². The van der Waals surface area contributed by atoms with E-state index in [1.54, 1.807) is 48.4 Å². The highest BCUT2D eigenvalue weighted by atomic mass is 32.2. The second-order valence-corrected chi connectivity index (χ2v) is 9.90. The average Bonchev–Trinajstić information content (AvgIpc) is 3.38. The van der Waals surface area contributed by atoms with E-state index in [4.69, 9.17) is 9.47 Å². The van der Waals surface area contributed by atoms with Gasteiger partial charge < -0.3 is 14.4 Å². The Morgan fingerprint density at radius 3 is 2.09 bits per heavy atom. The van der Waals surface area contributed by atoms with Crippen molar-refractivity contribution in [3.63, 3.8) is 0 Å². The maximum absolute atomic E-state index is 13.7. The molecule has 34 heavy (non-hydrogen) atoms. The van der Waals surface area contributed by atoms with Crippen LogP contribution in [0.5, 0.6) is 11.5 Å². The van der Waals surface area contributed by atoms with E-state index in [0.717, 1.165) is 22.7 Å². The molecule has 8 heteroatoms. The number of hydrogen-bond acceptors (Lipinski definition) is 5. The van der Waals surface area contributed by atoms with E-state index >= 15 is 0 Å². The van der Waals surface area contributed by atoms with Crippen molar-refractivity contribution in [1.29, 1.82) is 0 Å². The van der Waals surface area contributed by atoms with Gasteiger partial charge in [0.25, 0.3) is 10.0 Å². The Morgan fingerprint density at radius 2 is 1.50 bits per heavy atom. The van der Waals surface area contributed by atoms with Gasteiger partial charge in [-0.1, -0.05) is 30.3 Å². The number of rotatable bonds is 8. The van der Waals surface area contributed by atoms with Gasteiger partial charge in [-0.05, 0) is 66.9 Å². The second kappa shape index (κ2) is 10.2. The summed E-state index contributed by atoms with van der Waals surface area (Å²) >= 11 is 0. The molecule has 0 saturated carbocycles. The third-order valence-electron chi connectivity index (χ3n) is 6.04. The van der Waals surface area contributed by atoms with Crippen LogP contribution in [0.25, 0.3) is 0 Å². The zero-order valence-corrected chi connectivity index (χ0v) is 20.1.